The molecule has 2 aromatic carbocycles. The van der Waals surface area contributed by atoms with Gasteiger partial charge in [0.15, 0.2) is 11.5 Å². The Hall–Kier alpha value is -2.95. The van der Waals surface area contributed by atoms with Gasteiger partial charge in [-0.15, -0.1) is 0 Å². The van der Waals surface area contributed by atoms with Crippen molar-refractivity contribution in [2.75, 3.05) is 33.1 Å². The number of carbonyl (C=O) groups excluding carboxylic acids is 1. The van der Waals surface area contributed by atoms with Crippen LogP contribution in [-0.4, -0.2) is 57.4 Å². The van der Waals surface area contributed by atoms with E-state index < -0.39 is 10.0 Å². The summed E-state index contributed by atoms with van der Waals surface area (Å²) < 4.78 is 42.6. The summed E-state index contributed by atoms with van der Waals surface area (Å²) in [7, 11) is -3.52. The lowest BCUT2D eigenvalue weighted by molar-refractivity contribution is -0.121. The molecule has 2 heterocycles. The average molecular weight is 460 g/mol. The summed E-state index contributed by atoms with van der Waals surface area (Å²) in [5.41, 5.74) is 4.91. The summed E-state index contributed by atoms with van der Waals surface area (Å²) in [5.74, 6) is 1.12. The van der Waals surface area contributed by atoms with Crippen molar-refractivity contribution >= 4 is 21.6 Å². The van der Waals surface area contributed by atoms with Gasteiger partial charge >= 0.3 is 0 Å². The molecule has 0 saturated carbocycles. The summed E-state index contributed by atoms with van der Waals surface area (Å²) in [4.78, 5) is 12.4. The molecular weight excluding hydrogens is 434 g/mol. The molecule has 2 aliphatic rings. The van der Waals surface area contributed by atoms with Crippen LogP contribution in [0.1, 0.15) is 24.5 Å². The number of morpholine rings is 1. The molecule has 0 spiro atoms. The van der Waals surface area contributed by atoms with Gasteiger partial charge in [-0.3, -0.25) is 4.79 Å². The van der Waals surface area contributed by atoms with E-state index in [0.717, 1.165) is 11.1 Å². The summed E-state index contributed by atoms with van der Waals surface area (Å²) in [5, 5.41) is 4.16. The van der Waals surface area contributed by atoms with Gasteiger partial charge in [-0.2, -0.15) is 9.41 Å². The number of hydrogen-bond acceptors (Lipinski definition) is 7. The first-order chi connectivity index (χ1) is 15.4. The maximum atomic E-state index is 12.7. The van der Waals surface area contributed by atoms with Crippen LogP contribution < -0.4 is 14.9 Å². The molecule has 1 amide bonds. The molecule has 0 unspecified atom stereocenters. The van der Waals surface area contributed by atoms with E-state index in [1.54, 1.807) is 37.3 Å². The predicted molar refractivity (Wildman–Crippen MR) is 117 cm³/mol. The quantitative estimate of drug-likeness (QED) is 0.501. The molecule has 170 valence electrons. The van der Waals surface area contributed by atoms with E-state index in [1.165, 1.54) is 4.31 Å². The monoisotopic (exact) mass is 459 g/mol. The standard InChI is InChI=1S/C22H25N3O6S/c1-16(18-5-8-20-21(14-18)31-15-30-20)23-24-22(26)9-4-17-2-6-19(7-3-17)32(27,28)25-10-12-29-13-11-25/h2-3,5-8,14H,4,9-13,15H2,1H3,(H,24,26)/b23-16-. The number of benzene rings is 2. The first-order valence-electron chi connectivity index (χ1n) is 10.3. The molecule has 0 aromatic heterocycles. The molecule has 10 heteroatoms. The zero-order valence-electron chi connectivity index (χ0n) is 17.7. The molecule has 0 radical (unpaired) electrons. The SMILES string of the molecule is C/C(=N/NC(=O)CCc1ccc(S(=O)(=O)N2CCOCC2)cc1)c1ccc2c(c1)OCO2. The Morgan fingerprint density at radius 3 is 2.53 bits per heavy atom. The van der Waals surface area contributed by atoms with Crippen molar-refractivity contribution in [3.63, 3.8) is 0 Å². The zero-order valence-corrected chi connectivity index (χ0v) is 18.6. The van der Waals surface area contributed by atoms with E-state index >= 15 is 0 Å². The van der Waals surface area contributed by atoms with E-state index in [-0.39, 0.29) is 24.0 Å². The Labute approximate surface area is 187 Å². The number of fused-ring (bicyclic) bond motifs is 1. The fraction of sp³-hybridized carbons (Fsp3) is 0.364. The highest BCUT2D eigenvalue weighted by Crippen LogP contribution is 2.32. The molecule has 2 aromatic rings. The third-order valence-electron chi connectivity index (χ3n) is 5.31. The van der Waals surface area contributed by atoms with E-state index in [0.29, 0.717) is 49.9 Å². The number of amides is 1. The topological polar surface area (TPSA) is 107 Å². The van der Waals surface area contributed by atoms with Gasteiger partial charge in [-0.1, -0.05) is 12.1 Å². The van der Waals surface area contributed by atoms with Gasteiger partial charge in [-0.05, 0) is 49.2 Å². The van der Waals surface area contributed by atoms with Crippen molar-refractivity contribution in [3.8, 4) is 11.5 Å². The molecule has 1 fully saturated rings. The highest BCUT2D eigenvalue weighted by molar-refractivity contribution is 7.89. The van der Waals surface area contributed by atoms with Crippen LogP contribution >= 0.6 is 0 Å². The second kappa shape index (κ2) is 9.68. The summed E-state index contributed by atoms with van der Waals surface area (Å²) in [6.45, 7) is 3.52. The minimum atomic E-state index is -3.52. The first kappa shape index (κ1) is 22.3. The van der Waals surface area contributed by atoms with Crippen LogP contribution in [0.25, 0.3) is 0 Å². The first-order valence-corrected chi connectivity index (χ1v) is 11.8. The largest absolute Gasteiger partial charge is 0.454 e. The Bertz CT molecular complexity index is 1110. The van der Waals surface area contributed by atoms with Gasteiger partial charge in [0, 0.05) is 25.1 Å². The number of hydrogen-bond donors (Lipinski definition) is 1. The lowest BCUT2D eigenvalue weighted by atomic mass is 10.1. The van der Waals surface area contributed by atoms with E-state index in [2.05, 4.69) is 10.5 Å². The molecule has 1 saturated heterocycles. The molecule has 2 aliphatic heterocycles. The fourth-order valence-corrected chi connectivity index (χ4v) is 4.82. The van der Waals surface area contributed by atoms with Crippen LogP contribution in [0.5, 0.6) is 11.5 Å². The highest BCUT2D eigenvalue weighted by Gasteiger charge is 2.26. The van der Waals surface area contributed by atoms with Gasteiger partial charge in [0.25, 0.3) is 0 Å². The van der Waals surface area contributed by atoms with Gasteiger partial charge < -0.3 is 14.2 Å². The van der Waals surface area contributed by atoms with Crippen LogP contribution in [0, 0.1) is 0 Å². The average Bonchev–Trinajstić information content (AvgIpc) is 3.30. The van der Waals surface area contributed by atoms with E-state index in [1.807, 2.05) is 12.1 Å². The maximum Gasteiger partial charge on any atom is 0.243 e. The van der Waals surface area contributed by atoms with Gasteiger partial charge in [0.1, 0.15) is 0 Å². The van der Waals surface area contributed by atoms with E-state index in [9.17, 15) is 13.2 Å². The lowest BCUT2D eigenvalue weighted by Crippen LogP contribution is -2.40. The molecule has 0 atom stereocenters. The molecular formula is C22H25N3O6S. The van der Waals surface area contributed by atoms with Crippen LogP contribution in [0.4, 0.5) is 0 Å². The van der Waals surface area contributed by atoms with Crippen molar-refractivity contribution in [3.05, 3.63) is 53.6 Å². The Kier molecular flexibility index (Phi) is 6.73. The van der Waals surface area contributed by atoms with Crippen molar-refractivity contribution in [1.82, 2.24) is 9.73 Å². The number of aryl methyl sites for hydroxylation is 1. The van der Waals surface area contributed by atoms with E-state index in [4.69, 9.17) is 14.2 Å². The van der Waals surface area contributed by atoms with Gasteiger partial charge in [0.2, 0.25) is 22.7 Å². The Balaban J connectivity index is 1.29. The number of nitrogens with zero attached hydrogens (tertiary/aromatic N) is 2. The third-order valence-corrected chi connectivity index (χ3v) is 7.22. The van der Waals surface area contributed by atoms with Crippen molar-refractivity contribution in [2.24, 2.45) is 5.10 Å². The third kappa shape index (κ3) is 5.09. The zero-order chi connectivity index (χ0) is 22.6. The summed E-state index contributed by atoms with van der Waals surface area (Å²) in [6.07, 6.45) is 0.704. The van der Waals surface area contributed by atoms with Crippen molar-refractivity contribution in [1.29, 1.82) is 0 Å². The van der Waals surface area contributed by atoms with Crippen LogP contribution in [-0.2, 0) is 26.0 Å². The molecule has 4 rings (SSSR count). The summed E-state index contributed by atoms with van der Waals surface area (Å²) in [6, 6.07) is 12.1. The van der Waals surface area contributed by atoms with Crippen LogP contribution in [0.15, 0.2) is 52.5 Å². The summed E-state index contributed by atoms with van der Waals surface area (Å²) >= 11 is 0. The number of rotatable bonds is 7. The molecule has 9 nitrogen and oxygen atoms in total. The van der Waals surface area contributed by atoms with Crippen LogP contribution in [0.3, 0.4) is 0 Å². The Morgan fingerprint density at radius 2 is 1.78 bits per heavy atom. The lowest BCUT2D eigenvalue weighted by Gasteiger charge is -2.26. The maximum absolute atomic E-state index is 12.7. The normalized spacial score (nSPS) is 16.7. The minimum Gasteiger partial charge on any atom is -0.454 e. The molecule has 32 heavy (non-hydrogen) atoms. The minimum absolute atomic E-state index is 0.200. The second-order valence-electron chi connectivity index (χ2n) is 7.46. The number of sulfonamides is 1. The van der Waals surface area contributed by atoms with Crippen molar-refractivity contribution < 1.29 is 27.4 Å². The Morgan fingerprint density at radius 1 is 1.06 bits per heavy atom. The predicted octanol–water partition coefficient (Wildman–Crippen LogP) is 1.91. The van der Waals surface area contributed by atoms with Gasteiger partial charge in [0.05, 0.1) is 23.8 Å². The second-order valence-corrected chi connectivity index (χ2v) is 9.40. The van der Waals surface area contributed by atoms with Crippen molar-refractivity contribution in [2.45, 2.75) is 24.7 Å². The fourth-order valence-electron chi connectivity index (χ4n) is 3.41. The number of carbonyl (C=O) groups is 1. The number of nitrogens with one attached hydrogen (secondary N) is 1. The molecule has 0 bridgehead atoms. The highest BCUT2D eigenvalue weighted by atomic mass is 32.2. The number of hydrazone groups is 1. The molecule has 0 aliphatic carbocycles. The van der Waals surface area contributed by atoms with Gasteiger partial charge in [-0.25, -0.2) is 13.8 Å². The smallest absolute Gasteiger partial charge is 0.243 e. The number of ether oxygens (including phenoxy) is 3. The van der Waals surface area contributed by atoms with Crippen LogP contribution in [0.2, 0.25) is 0 Å². The molecule has 1 N–H and O–H groups in total.